The van der Waals surface area contributed by atoms with E-state index in [1.54, 1.807) is 25.3 Å². The molecule has 0 spiro atoms. The lowest BCUT2D eigenvalue weighted by Gasteiger charge is -2.27. The number of fused-ring (bicyclic) bond motifs is 3. The number of esters is 1. The zero-order chi connectivity index (χ0) is 22.4. The summed E-state index contributed by atoms with van der Waals surface area (Å²) in [5.74, 6) is -0.267. The standard InChI is InChI=1S/C25H18O7/c1-30-19-5-3-2-4-15(19)16-10-22(29)31-21-12-18(28)24-17(27)11-20(32-25(24)23(16)21)13-6-8-14(26)9-7-13/h2-9,11-12,16,26,28H,10H2,1H3/t16-/m0/s1. The first-order valence-electron chi connectivity index (χ1n) is 9.93. The summed E-state index contributed by atoms with van der Waals surface area (Å²) in [7, 11) is 1.54. The molecule has 2 heterocycles. The van der Waals surface area contributed by atoms with Gasteiger partial charge in [-0.1, -0.05) is 18.2 Å². The molecule has 160 valence electrons. The lowest BCUT2D eigenvalue weighted by Crippen LogP contribution is -2.22. The van der Waals surface area contributed by atoms with Crippen molar-refractivity contribution in [3.05, 3.63) is 82.0 Å². The maximum Gasteiger partial charge on any atom is 0.312 e. The van der Waals surface area contributed by atoms with E-state index in [-0.39, 0.29) is 40.4 Å². The Morgan fingerprint density at radius 2 is 1.75 bits per heavy atom. The van der Waals surface area contributed by atoms with Gasteiger partial charge in [0.2, 0.25) is 0 Å². The van der Waals surface area contributed by atoms with E-state index in [4.69, 9.17) is 13.9 Å². The fourth-order valence-electron chi connectivity index (χ4n) is 4.15. The third kappa shape index (κ3) is 3.15. The molecule has 0 bridgehead atoms. The Balaban J connectivity index is 1.83. The molecule has 3 aromatic carbocycles. The van der Waals surface area contributed by atoms with Gasteiger partial charge >= 0.3 is 5.97 Å². The first-order valence-corrected chi connectivity index (χ1v) is 9.93. The van der Waals surface area contributed by atoms with Crippen molar-refractivity contribution in [1.82, 2.24) is 0 Å². The number of ether oxygens (including phenoxy) is 2. The van der Waals surface area contributed by atoms with E-state index < -0.39 is 17.3 Å². The highest BCUT2D eigenvalue weighted by Gasteiger charge is 2.34. The van der Waals surface area contributed by atoms with Crippen LogP contribution in [0.5, 0.6) is 23.0 Å². The monoisotopic (exact) mass is 430 g/mol. The summed E-state index contributed by atoms with van der Waals surface area (Å²) in [6, 6.07) is 16.0. The van der Waals surface area contributed by atoms with Crippen LogP contribution in [0.2, 0.25) is 0 Å². The molecule has 0 fully saturated rings. The lowest BCUT2D eigenvalue weighted by molar-refractivity contribution is -0.135. The summed E-state index contributed by atoms with van der Waals surface area (Å²) in [4.78, 5) is 25.4. The van der Waals surface area contributed by atoms with Gasteiger partial charge in [-0.3, -0.25) is 9.59 Å². The van der Waals surface area contributed by atoms with Crippen LogP contribution < -0.4 is 14.9 Å². The summed E-state index contributed by atoms with van der Waals surface area (Å²) in [6.07, 6.45) is 0.0143. The number of para-hydroxylation sites is 1. The molecule has 0 unspecified atom stereocenters. The van der Waals surface area contributed by atoms with Gasteiger partial charge in [0.1, 0.15) is 39.7 Å². The number of hydrogen-bond acceptors (Lipinski definition) is 7. The zero-order valence-electron chi connectivity index (χ0n) is 17.0. The number of phenols is 2. The van der Waals surface area contributed by atoms with Gasteiger partial charge in [0.05, 0.1) is 13.5 Å². The average molecular weight is 430 g/mol. The molecule has 1 aliphatic heterocycles. The molecule has 4 aromatic rings. The fourth-order valence-corrected chi connectivity index (χ4v) is 4.15. The van der Waals surface area contributed by atoms with Crippen LogP contribution in [0.1, 0.15) is 23.5 Å². The largest absolute Gasteiger partial charge is 0.508 e. The second kappa shape index (κ2) is 7.46. The first kappa shape index (κ1) is 19.7. The van der Waals surface area contributed by atoms with Crippen LogP contribution in [0.25, 0.3) is 22.3 Å². The van der Waals surface area contributed by atoms with Gasteiger partial charge in [-0.25, -0.2) is 0 Å². The Kier molecular flexibility index (Phi) is 4.59. The molecule has 2 N–H and O–H groups in total. The van der Waals surface area contributed by atoms with Crippen molar-refractivity contribution in [3.63, 3.8) is 0 Å². The topological polar surface area (TPSA) is 106 Å². The molecule has 32 heavy (non-hydrogen) atoms. The Morgan fingerprint density at radius 3 is 2.50 bits per heavy atom. The predicted molar refractivity (Wildman–Crippen MR) is 116 cm³/mol. The molecular weight excluding hydrogens is 412 g/mol. The lowest BCUT2D eigenvalue weighted by atomic mass is 9.84. The number of aromatic hydroxyl groups is 2. The second-order valence-electron chi connectivity index (χ2n) is 7.51. The van der Waals surface area contributed by atoms with Crippen LogP contribution in [0.4, 0.5) is 0 Å². The zero-order valence-corrected chi connectivity index (χ0v) is 17.0. The van der Waals surface area contributed by atoms with Crippen molar-refractivity contribution >= 4 is 16.9 Å². The molecule has 5 rings (SSSR count). The van der Waals surface area contributed by atoms with Crippen LogP contribution in [-0.2, 0) is 4.79 Å². The Morgan fingerprint density at radius 1 is 1.00 bits per heavy atom. The summed E-state index contributed by atoms with van der Waals surface area (Å²) >= 11 is 0. The maximum atomic E-state index is 13.0. The molecule has 1 aliphatic rings. The van der Waals surface area contributed by atoms with E-state index >= 15 is 0 Å². The first-order chi connectivity index (χ1) is 15.5. The molecule has 0 aliphatic carbocycles. The smallest absolute Gasteiger partial charge is 0.312 e. The van der Waals surface area contributed by atoms with Gasteiger partial charge in [0.15, 0.2) is 5.43 Å². The van der Waals surface area contributed by atoms with Crippen molar-refractivity contribution in [2.45, 2.75) is 12.3 Å². The summed E-state index contributed by atoms with van der Waals surface area (Å²) in [5, 5.41) is 20.1. The van der Waals surface area contributed by atoms with Crippen molar-refractivity contribution in [1.29, 1.82) is 0 Å². The molecule has 1 aromatic heterocycles. The number of carbonyl (C=O) groups excluding carboxylic acids is 1. The highest BCUT2D eigenvalue weighted by Crippen LogP contribution is 2.47. The van der Waals surface area contributed by atoms with Gasteiger partial charge in [-0.05, 0) is 30.3 Å². The average Bonchev–Trinajstić information content (AvgIpc) is 2.78. The fraction of sp³-hybridized carbons (Fsp3) is 0.120. The van der Waals surface area contributed by atoms with Gasteiger partial charge in [0.25, 0.3) is 0 Å². The highest BCUT2D eigenvalue weighted by molar-refractivity contribution is 5.93. The van der Waals surface area contributed by atoms with Gasteiger partial charge < -0.3 is 24.1 Å². The van der Waals surface area contributed by atoms with E-state index in [0.29, 0.717) is 16.9 Å². The predicted octanol–water partition coefficient (Wildman–Crippen LogP) is 4.32. The van der Waals surface area contributed by atoms with E-state index in [2.05, 4.69) is 0 Å². The van der Waals surface area contributed by atoms with E-state index in [9.17, 15) is 19.8 Å². The van der Waals surface area contributed by atoms with Gasteiger partial charge in [-0.15, -0.1) is 0 Å². The summed E-state index contributed by atoms with van der Waals surface area (Å²) < 4.78 is 17.0. The normalized spacial score (nSPS) is 15.3. The molecular formula is C25H18O7. The van der Waals surface area contributed by atoms with E-state index in [0.717, 1.165) is 5.56 Å². The highest BCUT2D eigenvalue weighted by atomic mass is 16.5. The van der Waals surface area contributed by atoms with Crippen LogP contribution in [0.15, 0.2) is 69.9 Å². The number of carbonyl (C=O) groups is 1. The molecule has 0 radical (unpaired) electrons. The number of rotatable bonds is 3. The number of hydrogen-bond donors (Lipinski definition) is 2. The van der Waals surface area contributed by atoms with Crippen LogP contribution in [0, 0.1) is 0 Å². The van der Waals surface area contributed by atoms with E-state index in [1.807, 2.05) is 18.2 Å². The Hall–Kier alpha value is -4.26. The third-order valence-corrected chi connectivity index (χ3v) is 5.59. The minimum absolute atomic E-state index is 0.00382. The number of benzene rings is 3. The van der Waals surface area contributed by atoms with E-state index in [1.165, 1.54) is 24.3 Å². The summed E-state index contributed by atoms with van der Waals surface area (Å²) in [5.41, 5.74) is 1.49. The quantitative estimate of drug-likeness (QED) is 0.368. The Bertz CT molecular complexity index is 1420. The molecule has 0 saturated carbocycles. The van der Waals surface area contributed by atoms with Gasteiger partial charge in [-0.2, -0.15) is 0 Å². The minimum Gasteiger partial charge on any atom is -0.508 e. The van der Waals surface area contributed by atoms with Crippen molar-refractivity contribution in [3.8, 4) is 34.3 Å². The minimum atomic E-state index is -0.510. The summed E-state index contributed by atoms with van der Waals surface area (Å²) in [6.45, 7) is 0. The molecule has 7 heteroatoms. The second-order valence-corrected chi connectivity index (χ2v) is 7.51. The molecule has 0 amide bonds. The third-order valence-electron chi connectivity index (χ3n) is 5.59. The maximum absolute atomic E-state index is 13.0. The van der Waals surface area contributed by atoms with Gasteiger partial charge in [0, 0.05) is 34.7 Å². The van der Waals surface area contributed by atoms with Crippen molar-refractivity contribution < 1.29 is 28.9 Å². The van der Waals surface area contributed by atoms with Crippen LogP contribution in [-0.4, -0.2) is 23.3 Å². The Labute approximate surface area is 182 Å². The van der Waals surface area contributed by atoms with Crippen molar-refractivity contribution in [2.24, 2.45) is 0 Å². The van der Waals surface area contributed by atoms with Crippen molar-refractivity contribution in [2.75, 3.05) is 7.11 Å². The van der Waals surface area contributed by atoms with Crippen LogP contribution >= 0.6 is 0 Å². The molecule has 1 atom stereocenters. The molecule has 0 saturated heterocycles. The number of phenolic OH excluding ortho intramolecular Hbond substituents is 2. The number of methoxy groups -OCH3 is 1. The van der Waals surface area contributed by atoms with Crippen LogP contribution in [0.3, 0.4) is 0 Å². The molecule has 7 nitrogen and oxygen atoms in total. The SMILES string of the molecule is COc1ccccc1[C@@H]1CC(=O)Oc2cc(O)c3c(=O)cc(-c4ccc(O)cc4)oc3c21.